The second-order valence-electron chi connectivity index (χ2n) is 4.42. The zero-order valence-electron chi connectivity index (χ0n) is 10.3. The Morgan fingerprint density at radius 1 is 1.16 bits per heavy atom. The Balaban J connectivity index is 1.87. The molecule has 0 amide bonds. The number of piperazine rings is 1. The van der Waals surface area contributed by atoms with E-state index >= 15 is 0 Å². The third-order valence-corrected chi connectivity index (χ3v) is 3.11. The molecule has 100 valence electrons. The highest BCUT2D eigenvalue weighted by Gasteiger charge is 2.16. The maximum Gasteiger partial charge on any atom is 0.245 e. The highest BCUT2D eigenvalue weighted by atomic mass is 16.3. The lowest BCUT2D eigenvalue weighted by Crippen LogP contribution is -2.44. The number of nitrogens with one attached hydrogen (secondary N) is 2. The van der Waals surface area contributed by atoms with Crippen molar-refractivity contribution in [1.82, 2.24) is 20.5 Å². The van der Waals surface area contributed by atoms with Gasteiger partial charge in [0.05, 0.1) is 5.56 Å². The average molecular weight is 261 g/mol. The van der Waals surface area contributed by atoms with Crippen molar-refractivity contribution >= 4 is 5.95 Å². The summed E-state index contributed by atoms with van der Waals surface area (Å²) in [7, 11) is 0. The number of phenolic OH excluding ortho intramolecular Hbond substituents is 2. The van der Waals surface area contributed by atoms with Gasteiger partial charge in [-0.3, -0.25) is 5.10 Å². The zero-order valence-corrected chi connectivity index (χ0v) is 10.3. The van der Waals surface area contributed by atoms with Crippen LogP contribution in [0.4, 0.5) is 5.95 Å². The van der Waals surface area contributed by atoms with Crippen molar-refractivity contribution in [1.29, 1.82) is 0 Å². The van der Waals surface area contributed by atoms with E-state index in [2.05, 4.69) is 25.4 Å². The van der Waals surface area contributed by atoms with Gasteiger partial charge in [-0.2, -0.15) is 4.98 Å². The molecule has 19 heavy (non-hydrogen) atoms. The van der Waals surface area contributed by atoms with Crippen LogP contribution < -0.4 is 10.2 Å². The van der Waals surface area contributed by atoms with E-state index < -0.39 is 0 Å². The van der Waals surface area contributed by atoms with Gasteiger partial charge in [0, 0.05) is 32.2 Å². The molecule has 1 aromatic carbocycles. The topological polar surface area (TPSA) is 97.3 Å². The molecule has 1 aliphatic rings. The van der Waals surface area contributed by atoms with Crippen molar-refractivity contribution in [3.63, 3.8) is 0 Å². The molecule has 0 aliphatic carbocycles. The minimum absolute atomic E-state index is 0.0168. The van der Waals surface area contributed by atoms with Crippen LogP contribution in [-0.4, -0.2) is 51.6 Å². The predicted molar refractivity (Wildman–Crippen MR) is 70.2 cm³/mol. The van der Waals surface area contributed by atoms with Gasteiger partial charge in [-0.25, -0.2) is 0 Å². The fourth-order valence-corrected chi connectivity index (χ4v) is 2.10. The van der Waals surface area contributed by atoms with Crippen LogP contribution in [0.5, 0.6) is 11.5 Å². The monoisotopic (exact) mass is 261 g/mol. The summed E-state index contributed by atoms with van der Waals surface area (Å²) >= 11 is 0. The highest BCUT2D eigenvalue weighted by molar-refractivity contribution is 5.65. The summed E-state index contributed by atoms with van der Waals surface area (Å²) in [4.78, 5) is 6.46. The van der Waals surface area contributed by atoms with Gasteiger partial charge in [0.2, 0.25) is 5.95 Å². The normalized spacial score (nSPS) is 15.7. The summed E-state index contributed by atoms with van der Waals surface area (Å²) in [5, 5.41) is 29.3. The number of aromatic hydroxyl groups is 2. The van der Waals surface area contributed by atoms with E-state index in [1.165, 1.54) is 12.1 Å². The van der Waals surface area contributed by atoms with Gasteiger partial charge >= 0.3 is 0 Å². The Labute approximate surface area is 109 Å². The quantitative estimate of drug-likeness (QED) is 0.620. The Hall–Kier alpha value is -2.28. The Morgan fingerprint density at radius 2 is 1.95 bits per heavy atom. The average Bonchev–Trinajstić information content (AvgIpc) is 2.89. The third kappa shape index (κ3) is 2.32. The van der Waals surface area contributed by atoms with Crippen molar-refractivity contribution in [3.8, 4) is 22.9 Å². The van der Waals surface area contributed by atoms with E-state index in [0.717, 1.165) is 26.2 Å². The van der Waals surface area contributed by atoms with Crippen molar-refractivity contribution in [2.24, 2.45) is 0 Å². The van der Waals surface area contributed by atoms with Gasteiger partial charge in [0.1, 0.15) is 11.5 Å². The van der Waals surface area contributed by atoms with Gasteiger partial charge in [0.15, 0.2) is 5.82 Å². The summed E-state index contributed by atoms with van der Waals surface area (Å²) < 4.78 is 0. The SMILES string of the molecule is Oc1ccc(-c2nc(N3CCNCC3)n[nH]2)c(O)c1. The first-order valence-corrected chi connectivity index (χ1v) is 6.14. The Kier molecular flexibility index (Phi) is 2.96. The molecule has 1 aromatic heterocycles. The molecule has 0 radical (unpaired) electrons. The summed E-state index contributed by atoms with van der Waals surface area (Å²) in [5.41, 5.74) is 0.520. The lowest BCUT2D eigenvalue weighted by Gasteiger charge is -2.25. The number of hydrogen-bond acceptors (Lipinski definition) is 6. The molecule has 7 nitrogen and oxygen atoms in total. The number of rotatable bonds is 2. The summed E-state index contributed by atoms with van der Waals surface area (Å²) in [5.74, 6) is 1.11. The molecule has 0 spiro atoms. The van der Waals surface area contributed by atoms with E-state index in [9.17, 15) is 10.2 Å². The van der Waals surface area contributed by atoms with Gasteiger partial charge in [0.25, 0.3) is 0 Å². The zero-order chi connectivity index (χ0) is 13.2. The molecule has 1 aliphatic heterocycles. The van der Waals surface area contributed by atoms with Crippen molar-refractivity contribution < 1.29 is 10.2 Å². The Morgan fingerprint density at radius 3 is 2.68 bits per heavy atom. The van der Waals surface area contributed by atoms with Crippen LogP contribution in [0.3, 0.4) is 0 Å². The molecule has 2 heterocycles. The molecule has 0 saturated carbocycles. The first-order chi connectivity index (χ1) is 9.24. The van der Waals surface area contributed by atoms with Crippen molar-refractivity contribution in [3.05, 3.63) is 18.2 Å². The van der Waals surface area contributed by atoms with Crippen LogP contribution in [0, 0.1) is 0 Å². The third-order valence-electron chi connectivity index (χ3n) is 3.11. The van der Waals surface area contributed by atoms with E-state index in [1.807, 2.05) is 0 Å². The highest BCUT2D eigenvalue weighted by Crippen LogP contribution is 2.30. The van der Waals surface area contributed by atoms with Crippen LogP contribution in [-0.2, 0) is 0 Å². The van der Waals surface area contributed by atoms with Crippen molar-refractivity contribution in [2.45, 2.75) is 0 Å². The summed E-state index contributed by atoms with van der Waals surface area (Å²) in [6.45, 7) is 3.54. The molecule has 1 fully saturated rings. The molecule has 0 atom stereocenters. The van der Waals surface area contributed by atoms with Gasteiger partial charge in [-0.15, -0.1) is 5.10 Å². The van der Waals surface area contributed by atoms with E-state index in [1.54, 1.807) is 6.07 Å². The fraction of sp³-hybridized carbons (Fsp3) is 0.333. The molecule has 0 bridgehead atoms. The van der Waals surface area contributed by atoms with Crippen LogP contribution in [0.1, 0.15) is 0 Å². The number of anilines is 1. The molecule has 3 rings (SSSR count). The first-order valence-electron chi connectivity index (χ1n) is 6.14. The number of aromatic amines is 1. The molecule has 7 heteroatoms. The summed E-state index contributed by atoms with van der Waals surface area (Å²) in [6.07, 6.45) is 0. The van der Waals surface area contributed by atoms with E-state index in [4.69, 9.17) is 0 Å². The van der Waals surface area contributed by atoms with Gasteiger partial charge in [-0.1, -0.05) is 0 Å². The molecular weight excluding hydrogens is 246 g/mol. The molecule has 0 unspecified atom stereocenters. The minimum atomic E-state index is -0.0250. The Bertz CT molecular complexity index is 577. The van der Waals surface area contributed by atoms with Crippen LogP contribution in [0.2, 0.25) is 0 Å². The second-order valence-corrected chi connectivity index (χ2v) is 4.42. The molecule has 1 saturated heterocycles. The molecule has 2 aromatic rings. The van der Waals surface area contributed by atoms with Crippen LogP contribution in [0.25, 0.3) is 11.4 Å². The number of H-pyrrole nitrogens is 1. The molecular formula is C12H15N5O2. The second kappa shape index (κ2) is 4.77. The summed E-state index contributed by atoms with van der Waals surface area (Å²) in [6, 6.07) is 4.39. The minimum Gasteiger partial charge on any atom is -0.508 e. The van der Waals surface area contributed by atoms with Gasteiger partial charge in [-0.05, 0) is 12.1 Å². The van der Waals surface area contributed by atoms with Crippen LogP contribution in [0.15, 0.2) is 18.2 Å². The van der Waals surface area contributed by atoms with Crippen molar-refractivity contribution in [2.75, 3.05) is 31.1 Å². The fourth-order valence-electron chi connectivity index (χ4n) is 2.10. The smallest absolute Gasteiger partial charge is 0.245 e. The van der Waals surface area contributed by atoms with E-state index in [-0.39, 0.29) is 11.5 Å². The number of benzene rings is 1. The maximum absolute atomic E-state index is 9.79. The lowest BCUT2D eigenvalue weighted by atomic mass is 10.2. The predicted octanol–water partition coefficient (Wildman–Crippen LogP) is 0.292. The standard InChI is InChI=1S/C12H15N5O2/c18-8-1-2-9(10(19)7-8)11-14-12(16-15-11)17-5-3-13-4-6-17/h1-2,7,13,18-19H,3-6H2,(H,14,15,16). The van der Waals surface area contributed by atoms with Gasteiger partial charge < -0.3 is 20.4 Å². The number of hydrogen-bond donors (Lipinski definition) is 4. The lowest BCUT2D eigenvalue weighted by molar-refractivity contribution is 0.451. The van der Waals surface area contributed by atoms with E-state index in [0.29, 0.717) is 17.3 Å². The number of phenols is 2. The maximum atomic E-state index is 9.79. The van der Waals surface area contributed by atoms with Crippen LogP contribution >= 0.6 is 0 Å². The first kappa shape index (κ1) is 11.8. The largest absolute Gasteiger partial charge is 0.508 e. The number of nitrogens with zero attached hydrogens (tertiary/aromatic N) is 3. The molecule has 4 N–H and O–H groups in total. The number of aromatic nitrogens is 3.